The van der Waals surface area contributed by atoms with Crippen LogP contribution in [0, 0.1) is 12.0 Å². The lowest BCUT2D eigenvalue weighted by Crippen LogP contribution is -2.37. The van der Waals surface area contributed by atoms with Gasteiger partial charge in [0.15, 0.2) is 0 Å². The van der Waals surface area contributed by atoms with Gasteiger partial charge in [-0.05, 0) is 18.8 Å². The van der Waals surface area contributed by atoms with E-state index < -0.39 is 16.9 Å². The summed E-state index contributed by atoms with van der Waals surface area (Å²) in [6, 6.07) is 0. The zero-order chi connectivity index (χ0) is 11.2. The smallest absolute Gasteiger partial charge is 0.360 e. The minimum Gasteiger partial charge on any atom is -0.406 e. The summed E-state index contributed by atoms with van der Waals surface area (Å²) in [4.78, 5) is 0. The van der Waals surface area contributed by atoms with Crippen molar-refractivity contribution in [1.29, 1.82) is 0 Å². The fourth-order valence-corrected chi connectivity index (χ4v) is 3.98. The minimum atomic E-state index is -2.16. The van der Waals surface area contributed by atoms with E-state index in [0.717, 1.165) is 0 Å². The van der Waals surface area contributed by atoms with Crippen LogP contribution < -0.4 is 0 Å². The zero-order valence-corrected chi connectivity index (χ0v) is 11.5. The number of hydrogen-bond donors (Lipinski definition) is 0. The molecule has 0 saturated carbocycles. The van der Waals surface area contributed by atoms with Gasteiger partial charge in [-0.1, -0.05) is 11.2 Å². The molecule has 14 heavy (non-hydrogen) atoms. The lowest BCUT2D eigenvalue weighted by molar-refractivity contribution is 0.264. The van der Waals surface area contributed by atoms with Crippen LogP contribution in [0.2, 0.25) is 13.1 Å². The van der Waals surface area contributed by atoms with Crippen LogP contribution in [0.3, 0.4) is 0 Å². The Balaban J connectivity index is 4.65. The molecule has 0 saturated heterocycles. The van der Waals surface area contributed by atoms with E-state index in [4.69, 9.17) is 19.7 Å². The van der Waals surface area contributed by atoms with Gasteiger partial charge >= 0.3 is 8.56 Å². The molecule has 0 aromatic carbocycles. The quantitative estimate of drug-likeness (QED) is 0.527. The molecule has 0 heterocycles. The van der Waals surface area contributed by atoms with Gasteiger partial charge in [0.2, 0.25) is 0 Å². The van der Waals surface area contributed by atoms with Gasteiger partial charge in [-0.15, -0.1) is 6.42 Å². The third-order valence-electron chi connectivity index (χ3n) is 2.23. The maximum atomic E-state index is 5.40. The molecule has 0 aromatic rings. The first-order chi connectivity index (χ1) is 6.45. The Kier molecular flexibility index (Phi) is 5.33. The summed E-state index contributed by atoms with van der Waals surface area (Å²) in [5.74, 6) is 0. The van der Waals surface area contributed by atoms with Crippen LogP contribution in [-0.2, 0) is 13.3 Å². The van der Waals surface area contributed by atoms with Crippen LogP contribution in [0.5, 0.6) is 0 Å². The third kappa shape index (κ3) is 3.78. The van der Waals surface area contributed by atoms with Gasteiger partial charge in [-0.2, -0.15) is 0 Å². The summed E-state index contributed by atoms with van der Waals surface area (Å²) in [6.45, 7) is 3.90. The molecule has 0 aliphatic rings. The molecule has 0 fully saturated rings. The van der Waals surface area contributed by atoms with Crippen molar-refractivity contribution in [2.75, 3.05) is 21.3 Å². The average Bonchev–Trinajstić information content (AvgIpc) is 2.25. The SMILES string of the molecule is C#C[Si](C)(C=C[Si](C)(OC)OC)OC. The Morgan fingerprint density at radius 1 is 1.00 bits per heavy atom. The zero-order valence-electron chi connectivity index (χ0n) is 9.46. The van der Waals surface area contributed by atoms with Crippen molar-refractivity contribution in [2.24, 2.45) is 0 Å². The summed E-state index contributed by atoms with van der Waals surface area (Å²) in [7, 11) is 0.636. The highest BCUT2D eigenvalue weighted by atomic mass is 28.4. The molecule has 0 rings (SSSR count). The standard InChI is InChI=1S/C9H18O3Si2/c1-7-13(5,10-2)8-9-14(6,11-3)12-4/h1,8-9H,2-6H3. The van der Waals surface area contributed by atoms with E-state index in [2.05, 4.69) is 5.54 Å². The molecule has 1 atom stereocenters. The summed E-state index contributed by atoms with van der Waals surface area (Å²) >= 11 is 0. The maximum absolute atomic E-state index is 5.40. The molecule has 0 aliphatic carbocycles. The molecule has 0 bridgehead atoms. The largest absolute Gasteiger partial charge is 0.406 e. The molecule has 0 amide bonds. The van der Waals surface area contributed by atoms with Crippen molar-refractivity contribution in [3.8, 4) is 12.0 Å². The first-order valence-electron chi connectivity index (χ1n) is 4.29. The van der Waals surface area contributed by atoms with Gasteiger partial charge in [0.25, 0.3) is 8.32 Å². The van der Waals surface area contributed by atoms with Crippen LogP contribution in [-0.4, -0.2) is 38.2 Å². The normalized spacial score (nSPS) is 16.6. The Morgan fingerprint density at radius 2 is 1.50 bits per heavy atom. The fourth-order valence-electron chi connectivity index (χ4n) is 0.705. The second kappa shape index (κ2) is 5.48. The highest BCUT2D eigenvalue weighted by Gasteiger charge is 2.28. The lowest BCUT2D eigenvalue weighted by atomic mass is 11.2. The van der Waals surface area contributed by atoms with Crippen molar-refractivity contribution < 1.29 is 13.3 Å². The van der Waals surface area contributed by atoms with E-state index in [1.807, 2.05) is 24.5 Å². The average molecular weight is 230 g/mol. The number of terminal acetylenes is 1. The van der Waals surface area contributed by atoms with Crippen LogP contribution >= 0.6 is 0 Å². The highest BCUT2D eigenvalue weighted by Crippen LogP contribution is 2.10. The van der Waals surface area contributed by atoms with E-state index in [9.17, 15) is 0 Å². The molecule has 0 radical (unpaired) electrons. The Bertz CT molecular complexity index is 243. The van der Waals surface area contributed by atoms with Crippen LogP contribution in [0.4, 0.5) is 0 Å². The maximum Gasteiger partial charge on any atom is 0.360 e. The van der Waals surface area contributed by atoms with Crippen molar-refractivity contribution in [3.63, 3.8) is 0 Å². The molecule has 0 aliphatic heterocycles. The van der Waals surface area contributed by atoms with Crippen LogP contribution in [0.25, 0.3) is 0 Å². The third-order valence-corrected chi connectivity index (χ3v) is 7.18. The summed E-state index contributed by atoms with van der Waals surface area (Å²) < 4.78 is 15.9. The monoisotopic (exact) mass is 230 g/mol. The van der Waals surface area contributed by atoms with E-state index in [0.29, 0.717) is 0 Å². The van der Waals surface area contributed by atoms with Gasteiger partial charge < -0.3 is 13.3 Å². The molecular formula is C9H18O3Si2. The summed E-state index contributed by atoms with van der Waals surface area (Å²) in [6.07, 6.45) is 5.40. The Labute approximate surface area is 88.4 Å². The lowest BCUT2D eigenvalue weighted by Gasteiger charge is -2.20. The van der Waals surface area contributed by atoms with E-state index in [-0.39, 0.29) is 0 Å². The van der Waals surface area contributed by atoms with E-state index >= 15 is 0 Å². The highest BCUT2D eigenvalue weighted by molar-refractivity contribution is 6.86. The van der Waals surface area contributed by atoms with Gasteiger partial charge in [0.1, 0.15) is 0 Å². The molecule has 5 heteroatoms. The first-order valence-corrected chi connectivity index (χ1v) is 9.17. The predicted octanol–water partition coefficient (Wildman–Crippen LogP) is 1.38. The molecule has 0 N–H and O–H groups in total. The molecule has 1 unspecified atom stereocenters. The van der Waals surface area contributed by atoms with Crippen molar-refractivity contribution >= 4 is 16.9 Å². The van der Waals surface area contributed by atoms with Crippen molar-refractivity contribution in [1.82, 2.24) is 0 Å². The molecule has 3 nitrogen and oxygen atoms in total. The first kappa shape index (κ1) is 13.6. The van der Waals surface area contributed by atoms with Gasteiger partial charge in [0, 0.05) is 21.3 Å². The topological polar surface area (TPSA) is 27.7 Å². The Hall–Kier alpha value is -0.386. The van der Waals surface area contributed by atoms with Crippen molar-refractivity contribution in [3.05, 3.63) is 11.4 Å². The van der Waals surface area contributed by atoms with Crippen LogP contribution in [0.1, 0.15) is 0 Å². The van der Waals surface area contributed by atoms with Gasteiger partial charge in [-0.25, -0.2) is 0 Å². The van der Waals surface area contributed by atoms with Gasteiger partial charge in [0.05, 0.1) is 0 Å². The summed E-state index contributed by atoms with van der Waals surface area (Å²) in [5, 5.41) is 0. The van der Waals surface area contributed by atoms with Crippen LogP contribution in [0.15, 0.2) is 11.4 Å². The molecule has 0 aromatic heterocycles. The predicted molar refractivity (Wildman–Crippen MR) is 62.2 cm³/mol. The van der Waals surface area contributed by atoms with E-state index in [1.54, 1.807) is 21.3 Å². The Morgan fingerprint density at radius 3 is 1.79 bits per heavy atom. The molecular weight excluding hydrogens is 212 g/mol. The minimum absolute atomic E-state index is 1.63. The second-order valence-electron chi connectivity index (χ2n) is 3.21. The van der Waals surface area contributed by atoms with Gasteiger partial charge in [-0.3, -0.25) is 0 Å². The summed E-state index contributed by atoms with van der Waals surface area (Å²) in [5.41, 5.74) is 6.56. The van der Waals surface area contributed by atoms with E-state index in [1.165, 1.54) is 0 Å². The number of hydrogen-bond acceptors (Lipinski definition) is 3. The van der Waals surface area contributed by atoms with Crippen molar-refractivity contribution in [2.45, 2.75) is 13.1 Å². The second-order valence-corrected chi connectivity index (χ2v) is 9.64. The fraction of sp³-hybridized carbons (Fsp3) is 0.556. The molecule has 80 valence electrons. The molecule has 0 spiro atoms. The number of rotatable bonds is 5.